The summed E-state index contributed by atoms with van der Waals surface area (Å²) in [6.45, 7) is 4.74. The van der Waals surface area contributed by atoms with E-state index in [0.717, 1.165) is 11.8 Å². The third-order valence-corrected chi connectivity index (χ3v) is 3.50. The van der Waals surface area contributed by atoms with Gasteiger partial charge in [0.15, 0.2) is 0 Å². The van der Waals surface area contributed by atoms with Crippen LogP contribution >= 0.6 is 0 Å². The van der Waals surface area contributed by atoms with Gasteiger partial charge in [-0.25, -0.2) is 0 Å². The van der Waals surface area contributed by atoms with Gasteiger partial charge < -0.3 is 0 Å². The fourth-order valence-corrected chi connectivity index (χ4v) is 2.70. The second kappa shape index (κ2) is 4.12. The zero-order valence-corrected chi connectivity index (χ0v) is 9.11. The number of hydrogen-bond donors (Lipinski definition) is 0. The van der Waals surface area contributed by atoms with Crippen LogP contribution in [0.15, 0.2) is 24.4 Å². The predicted molar refractivity (Wildman–Crippen MR) is 59.2 cm³/mol. The molecule has 0 bridgehead atoms. The van der Waals surface area contributed by atoms with Crippen molar-refractivity contribution in [1.29, 1.82) is 0 Å². The van der Waals surface area contributed by atoms with Crippen molar-refractivity contribution in [3.8, 4) is 0 Å². The summed E-state index contributed by atoms with van der Waals surface area (Å²) in [6, 6.07) is 6.28. The fourth-order valence-electron chi connectivity index (χ4n) is 2.70. The minimum atomic E-state index is 0.701. The summed E-state index contributed by atoms with van der Waals surface area (Å²) in [6.07, 6.45) is 5.96. The molecule has 1 aliphatic carbocycles. The van der Waals surface area contributed by atoms with E-state index < -0.39 is 0 Å². The van der Waals surface area contributed by atoms with E-state index in [1.807, 2.05) is 12.3 Å². The van der Waals surface area contributed by atoms with Gasteiger partial charge in [0.25, 0.3) is 0 Å². The molecule has 0 unspecified atom stereocenters. The van der Waals surface area contributed by atoms with Crippen molar-refractivity contribution >= 4 is 0 Å². The van der Waals surface area contributed by atoms with Gasteiger partial charge in [0, 0.05) is 17.8 Å². The monoisotopic (exact) mass is 189 g/mol. The molecule has 0 aliphatic heterocycles. The number of aromatic nitrogens is 1. The van der Waals surface area contributed by atoms with Gasteiger partial charge in [-0.3, -0.25) is 4.98 Å². The van der Waals surface area contributed by atoms with Crippen molar-refractivity contribution in [3.63, 3.8) is 0 Å². The third-order valence-electron chi connectivity index (χ3n) is 3.50. The molecule has 1 aromatic rings. The molecule has 1 aromatic heterocycles. The lowest BCUT2D eigenvalue weighted by Gasteiger charge is -2.32. The molecular weight excluding hydrogens is 170 g/mol. The van der Waals surface area contributed by atoms with Crippen LogP contribution in [0.5, 0.6) is 0 Å². The average Bonchev–Trinajstić information content (AvgIpc) is 2.19. The highest BCUT2D eigenvalue weighted by Gasteiger charge is 2.26. The van der Waals surface area contributed by atoms with Crippen molar-refractivity contribution in [3.05, 3.63) is 30.1 Å². The van der Waals surface area contributed by atoms with Gasteiger partial charge in [-0.05, 0) is 36.8 Å². The van der Waals surface area contributed by atoms with E-state index in [4.69, 9.17) is 0 Å². The van der Waals surface area contributed by atoms with Crippen LogP contribution < -0.4 is 0 Å². The highest BCUT2D eigenvalue weighted by atomic mass is 14.7. The first-order chi connectivity index (χ1) is 6.77. The molecule has 2 rings (SSSR count). The molecule has 14 heavy (non-hydrogen) atoms. The lowest BCUT2D eigenvalue weighted by Crippen LogP contribution is -2.20. The molecule has 0 radical (unpaired) electrons. The summed E-state index contributed by atoms with van der Waals surface area (Å²) < 4.78 is 0. The van der Waals surface area contributed by atoms with E-state index in [0.29, 0.717) is 5.92 Å². The molecule has 0 aromatic carbocycles. The fraction of sp³-hybridized carbons (Fsp3) is 0.615. The largest absolute Gasteiger partial charge is 0.261 e. The van der Waals surface area contributed by atoms with Gasteiger partial charge in [-0.1, -0.05) is 26.3 Å². The van der Waals surface area contributed by atoms with E-state index >= 15 is 0 Å². The number of pyridine rings is 1. The summed E-state index contributed by atoms with van der Waals surface area (Å²) >= 11 is 0. The van der Waals surface area contributed by atoms with E-state index in [1.54, 1.807) is 0 Å². The highest BCUT2D eigenvalue weighted by Crippen LogP contribution is 2.38. The average molecular weight is 189 g/mol. The Labute approximate surface area is 86.6 Å². The second-order valence-electron chi connectivity index (χ2n) is 4.76. The first-order valence-corrected chi connectivity index (χ1v) is 5.68. The van der Waals surface area contributed by atoms with Gasteiger partial charge in [0.1, 0.15) is 0 Å². The predicted octanol–water partition coefficient (Wildman–Crippen LogP) is 3.62. The second-order valence-corrected chi connectivity index (χ2v) is 4.76. The van der Waals surface area contributed by atoms with Crippen LogP contribution in [0.25, 0.3) is 0 Å². The third kappa shape index (κ3) is 1.97. The molecular formula is C13H19N. The van der Waals surface area contributed by atoms with Gasteiger partial charge in [-0.15, -0.1) is 0 Å². The van der Waals surface area contributed by atoms with Crippen molar-refractivity contribution in [2.24, 2.45) is 11.8 Å². The van der Waals surface area contributed by atoms with E-state index in [1.165, 1.54) is 25.0 Å². The Hall–Kier alpha value is -0.850. The van der Waals surface area contributed by atoms with Gasteiger partial charge in [0.05, 0.1) is 0 Å². The van der Waals surface area contributed by atoms with Crippen LogP contribution in [0, 0.1) is 11.8 Å². The Morgan fingerprint density at radius 1 is 1.21 bits per heavy atom. The van der Waals surface area contributed by atoms with Gasteiger partial charge in [0.2, 0.25) is 0 Å². The Balaban J connectivity index is 2.12. The van der Waals surface area contributed by atoms with Gasteiger partial charge >= 0.3 is 0 Å². The molecule has 0 spiro atoms. The number of nitrogens with zero attached hydrogens (tertiary/aromatic N) is 1. The van der Waals surface area contributed by atoms with Crippen molar-refractivity contribution in [1.82, 2.24) is 4.98 Å². The Kier molecular flexibility index (Phi) is 2.85. The Bertz CT molecular complexity index is 281. The van der Waals surface area contributed by atoms with Crippen LogP contribution in [-0.2, 0) is 0 Å². The molecule has 0 amide bonds. The molecule has 1 heteroatoms. The van der Waals surface area contributed by atoms with Crippen molar-refractivity contribution in [2.75, 3.05) is 0 Å². The quantitative estimate of drug-likeness (QED) is 0.657. The van der Waals surface area contributed by atoms with Crippen LogP contribution in [0.3, 0.4) is 0 Å². The normalized spacial score (nSPS) is 32.9. The summed E-state index contributed by atoms with van der Waals surface area (Å²) in [5, 5.41) is 0. The standard InChI is InChI=1S/C13H19N/c1-10-6-7-12(11(2)9-10)13-5-3-4-8-14-13/h3-5,8,10-12H,6-7,9H2,1-2H3/t10-,11-,12+/m1/s1. The lowest BCUT2D eigenvalue weighted by molar-refractivity contribution is 0.258. The van der Waals surface area contributed by atoms with Crippen molar-refractivity contribution in [2.45, 2.75) is 39.0 Å². The van der Waals surface area contributed by atoms with Crippen LogP contribution in [-0.4, -0.2) is 4.98 Å². The molecule has 0 N–H and O–H groups in total. The Morgan fingerprint density at radius 2 is 2.07 bits per heavy atom. The molecule has 0 saturated heterocycles. The molecule has 1 nitrogen and oxygen atoms in total. The highest BCUT2D eigenvalue weighted by molar-refractivity contribution is 5.11. The molecule has 1 aliphatic rings. The maximum absolute atomic E-state index is 4.48. The van der Waals surface area contributed by atoms with Gasteiger partial charge in [-0.2, -0.15) is 0 Å². The zero-order valence-electron chi connectivity index (χ0n) is 9.11. The number of rotatable bonds is 1. The molecule has 3 atom stereocenters. The summed E-state index contributed by atoms with van der Waals surface area (Å²) in [5.41, 5.74) is 1.30. The minimum Gasteiger partial charge on any atom is -0.261 e. The zero-order chi connectivity index (χ0) is 9.97. The summed E-state index contributed by atoms with van der Waals surface area (Å²) in [7, 11) is 0. The van der Waals surface area contributed by atoms with E-state index in [2.05, 4.69) is 31.0 Å². The molecule has 1 fully saturated rings. The van der Waals surface area contributed by atoms with E-state index in [-0.39, 0.29) is 0 Å². The molecule has 1 heterocycles. The number of hydrogen-bond acceptors (Lipinski definition) is 1. The first kappa shape index (κ1) is 9.70. The van der Waals surface area contributed by atoms with Crippen LogP contribution in [0.1, 0.15) is 44.7 Å². The SMILES string of the molecule is C[C@@H]1CC[C@H](c2ccccn2)[C@H](C)C1. The molecule has 1 saturated carbocycles. The van der Waals surface area contributed by atoms with Crippen LogP contribution in [0.2, 0.25) is 0 Å². The van der Waals surface area contributed by atoms with E-state index in [9.17, 15) is 0 Å². The smallest absolute Gasteiger partial charge is 0.0437 e. The van der Waals surface area contributed by atoms with Crippen molar-refractivity contribution < 1.29 is 0 Å². The molecule has 76 valence electrons. The minimum absolute atomic E-state index is 0.701. The summed E-state index contributed by atoms with van der Waals surface area (Å²) in [4.78, 5) is 4.48. The first-order valence-electron chi connectivity index (χ1n) is 5.68. The topological polar surface area (TPSA) is 12.9 Å². The summed E-state index contributed by atoms with van der Waals surface area (Å²) in [5.74, 6) is 2.41. The van der Waals surface area contributed by atoms with Crippen LogP contribution in [0.4, 0.5) is 0 Å². The maximum Gasteiger partial charge on any atom is 0.0437 e. The lowest BCUT2D eigenvalue weighted by atomic mass is 9.74. The Morgan fingerprint density at radius 3 is 2.71 bits per heavy atom. The maximum atomic E-state index is 4.48.